The summed E-state index contributed by atoms with van der Waals surface area (Å²) in [6, 6.07) is 11.2. The molecular weight excluding hydrogens is 212 g/mol. The molecule has 0 aliphatic heterocycles. The third-order valence-electron chi connectivity index (χ3n) is 2.15. The molecule has 0 unspecified atom stereocenters. The molecule has 1 aromatic carbocycles. The van der Waals surface area contributed by atoms with E-state index in [1.165, 1.54) is 0 Å². The van der Waals surface area contributed by atoms with E-state index in [1.54, 1.807) is 12.1 Å². The molecule has 1 N–H and O–H groups in total. The number of hydrogen-bond acceptors (Lipinski definition) is 4. The van der Waals surface area contributed by atoms with Gasteiger partial charge < -0.3 is 0 Å². The van der Waals surface area contributed by atoms with Crippen molar-refractivity contribution in [3.05, 3.63) is 29.8 Å². The van der Waals surface area contributed by atoms with Gasteiger partial charge in [0.25, 0.3) is 0 Å². The fourth-order valence-corrected chi connectivity index (χ4v) is 1.44. The van der Waals surface area contributed by atoms with Crippen LogP contribution in [0, 0.1) is 28.6 Å². The molecule has 0 saturated heterocycles. The van der Waals surface area contributed by atoms with Crippen LogP contribution in [0.25, 0.3) is 0 Å². The van der Waals surface area contributed by atoms with Gasteiger partial charge in [0.2, 0.25) is 5.71 Å². The number of para-hydroxylation sites is 1. The highest BCUT2D eigenvalue weighted by Crippen LogP contribution is 2.18. The molecule has 0 atom stereocenters. The lowest BCUT2D eigenvalue weighted by molar-refractivity contribution is 0.648. The number of nitrogens with one attached hydrogen (secondary N) is 1. The number of rotatable bonds is 4. The molecule has 0 spiro atoms. The van der Waals surface area contributed by atoms with Gasteiger partial charge in [-0.05, 0) is 24.0 Å². The second kappa shape index (κ2) is 6.30. The summed E-state index contributed by atoms with van der Waals surface area (Å²) in [5.74, 6) is 0.535. The third kappa shape index (κ3) is 3.96. The van der Waals surface area contributed by atoms with Crippen LogP contribution in [-0.2, 0) is 6.42 Å². The maximum atomic E-state index is 8.58. The van der Waals surface area contributed by atoms with Crippen molar-refractivity contribution in [3.8, 4) is 12.1 Å². The summed E-state index contributed by atoms with van der Waals surface area (Å²) in [5.41, 5.74) is 4.55. The SMILES string of the molecule is CC(C)Cc1ccccc1NN=C(C#N)C#N. The normalized spacial score (nSPS) is 9.24. The molecule has 0 aliphatic carbocycles. The first-order valence-electron chi connectivity index (χ1n) is 5.39. The molecular formula is C13H14N4. The molecule has 4 nitrogen and oxygen atoms in total. The maximum absolute atomic E-state index is 8.58. The molecule has 86 valence electrons. The quantitative estimate of drug-likeness (QED) is 0.633. The lowest BCUT2D eigenvalue weighted by Crippen LogP contribution is -2.01. The highest BCUT2D eigenvalue weighted by atomic mass is 15.3. The molecule has 0 amide bonds. The molecule has 0 aliphatic rings. The summed E-state index contributed by atoms with van der Waals surface area (Å²) < 4.78 is 0. The van der Waals surface area contributed by atoms with Crippen LogP contribution in [-0.4, -0.2) is 5.71 Å². The van der Waals surface area contributed by atoms with Crippen molar-refractivity contribution in [2.75, 3.05) is 5.43 Å². The first kappa shape index (κ1) is 12.7. The lowest BCUT2D eigenvalue weighted by atomic mass is 10.0. The number of benzene rings is 1. The van der Waals surface area contributed by atoms with Crippen LogP contribution in [0.4, 0.5) is 5.69 Å². The first-order chi connectivity index (χ1) is 8.17. The molecule has 0 fully saturated rings. The first-order valence-corrected chi connectivity index (χ1v) is 5.39. The number of nitriles is 2. The van der Waals surface area contributed by atoms with Crippen molar-refractivity contribution >= 4 is 11.4 Å². The van der Waals surface area contributed by atoms with Gasteiger partial charge in [-0.3, -0.25) is 5.43 Å². The fourth-order valence-electron chi connectivity index (χ4n) is 1.44. The van der Waals surface area contributed by atoms with Gasteiger partial charge >= 0.3 is 0 Å². The largest absolute Gasteiger partial charge is 0.276 e. The predicted octanol–water partition coefficient (Wildman–Crippen LogP) is 2.70. The lowest BCUT2D eigenvalue weighted by Gasteiger charge is -2.10. The second-order valence-corrected chi connectivity index (χ2v) is 4.05. The van der Waals surface area contributed by atoms with Gasteiger partial charge in [-0.2, -0.15) is 15.6 Å². The van der Waals surface area contributed by atoms with E-state index in [4.69, 9.17) is 10.5 Å². The Bertz CT molecular complexity index is 473. The van der Waals surface area contributed by atoms with Gasteiger partial charge in [0.05, 0.1) is 5.69 Å². The summed E-state index contributed by atoms with van der Waals surface area (Å²) >= 11 is 0. The van der Waals surface area contributed by atoms with Crippen LogP contribution in [0.3, 0.4) is 0 Å². The smallest absolute Gasteiger partial charge is 0.237 e. The molecule has 0 saturated carbocycles. The van der Waals surface area contributed by atoms with Crippen molar-refractivity contribution in [2.45, 2.75) is 20.3 Å². The zero-order valence-electron chi connectivity index (χ0n) is 9.94. The summed E-state index contributed by atoms with van der Waals surface area (Å²) in [7, 11) is 0. The summed E-state index contributed by atoms with van der Waals surface area (Å²) in [6.45, 7) is 4.27. The molecule has 17 heavy (non-hydrogen) atoms. The summed E-state index contributed by atoms with van der Waals surface area (Å²) in [6.07, 6.45) is 0.924. The van der Waals surface area contributed by atoms with Gasteiger partial charge in [-0.15, -0.1) is 0 Å². The molecule has 1 aromatic rings. The van der Waals surface area contributed by atoms with E-state index in [0.29, 0.717) is 5.92 Å². The Hall–Kier alpha value is -2.33. The maximum Gasteiger partial charge on any atom is 0.237 e. The van der Waals surface area contributed by atoms with Gasteiger partial charge in [-0.25, -0.2) is 0 Å². The minimum absolute atomic E-state index is 0.177. The Labute approximate surface area is 101 Å². The van der Waals surface area contributed by atoms with Gasteiger partial charge in [-0.1, -0.05) is 32.0 Å². The number of hydrogen-bond donors (Lipinski definition) is 1. The van der Waals surface area contributed by atoms with E-state index in [-0.39, 0.29) is 5.71 Å². The Morgan fingerprint density at radius 2 is 1.94 bits per heavy atom. The third-order valence-corrected chi connectivity index (χ3v) is 2.15. The monoisotopic (exact) mass is 226 g/mol. The highest BCUT2D eigenvalue weighted by Gasteiger charge is 2.03. The van der Waals surface area contributed by atoms with E-state index in [2.05, 4.69) is 24.4 Å². The average molecular weight is 226 g/mol. The molecule has 0 radical (unpaired) electrons. The molecule has 1 rings (SSSR count). The van der Waals surface area contributed by atoms with Crippen LogP contribution in [0.2, 0.25) is 0 Å². The fraction of sp³-hybridized carbons (Fsp3) is 0.308. The van der Waals surface area contributed by atoms with E-state index in [0.717, 1.165) is 17.7 Å². The highest BCUT2D eigenvalue weighted by molar-refractivity contribution is 6.10. The Balaban J connectivity index is 2.89. The zero-order chi connectivity index (χ0) is 12.7. The average Bonchev–Trinajstić information content (AvgIpc) is 2.31. The Morgan fingerprint density at radius 1 is 1.29 bits per heavy atom. The van der Waals surface area contributed by atoms with Crippen molar-refractivity contribution in [1.29, 1.82) is 10.5 Å². The minimum atomic E-state index is -0.177. The van der Waals surface area contributed by atoms with E-state index in [9.17, 15) is 0 Å². The molecule has 0 bridgehead atoms. The predicted molar refractivity (Wildman–Crippen MR) is 67.3 cm³/mol. The van der Waals surface area contributed by atoms with E-state index >= 15 is 0 Å². The number of hydrazone groups is 1. The van der Waals surface area contributed by atoms with Crippen LogP contribution < -0.4 is 5.43 Å². The van der Waals surface area contributed by atoms with Crippen molar-refractivity contribution < 1.29 is 0 Å². The Morgan fingerprint density at radius 3 is 2.53 bits per heavy atom. The molecule has 4 heteroatoms. The second-order valence-electron chi connectivity index (χ2n) is 4.05. The van der Waals surface area contributed by atoms with Crippen LogP contribution in [0.15, 0.2) is 29.4 Å². The van der Waals surface area contributed by atoms with Crippen LogP contribution in [0.5, 0.6) is 0 Å². The van der Waals surface area contributed by atoms with Gasteiger partial charge in [0, 0.05) is 0 Å². The van der Waals surface area contributed by atoms with Crippen molar-refractivity contribution in [2.24, 2.45) is 11.0 Å². The van der Waals surface area contributed by atoms with Crippen LogP contribution >= 0.6 is 0 Å². The number of anilines is 1. The van der Waals surface area contributed by atoms with Gasteiger partial charge in [0.15, 0.2) is 0 Å². The Kier molecular flexibility index (Phi) is 4.72. The summed E-state index contributed by atoms with van der Waals surface area (Å²) in [5, 5.41) is 20.9. The van der Waals surface area contributed by atoms with Crippen molar-refractivity contribution in [1.82, 2.24) is 0 Å². The van der Waals surface area contributed by atoms with Crippen molar-refractivity contribution in [3.63, 3.8) is 0 Å². The van der Waals surface area contributed by atoms with Gasteiger partial charge in [0.1, 0.15) is 12.1 Å². The minimum Gasteiger partial charge on any atom is -0.276 e. The zero-order valence-corrected chi connectivity index (χ0v) is 9.94. The van der Waals surface area contributed by atoms with Crippen LogP contribution in [0.1, 0.15) is 19.4 Å². The molecule has 0 aromatic heterocycles. The van der Waals surface area contributed by atoms with E-state index in [1.807, 2.05) is 24.3 Å². The molecule has 0 heterocycles. The van der Waals surface area contributed by atoms with E-state index < -0.39 is 0 Å². The summed E-state index contributed by atoms with van der Waals surface area (Å²) in [4.78, 5) is 0. The number of nitrogens with zero attached hydrogens (tertiary/aromatic N) is 3. The topological polar surface area (TPSA) is 72.0 Å². The standard InChI is InChI=1S/C13H14N4/c1-10(2)7-11-5-3-4-6-13(11)17-16-12(8-14)9-15/h3-6,10,17H,7H2,1-2H3.